The Morgan fingerprint density at radius 1 is 1.29 bits per heavy atom. The van der Waals surface area contributed by atoms with Crippen LogP contribution in [0.4, 0.5) is 13.2 Å². The van der Waals surface area contributed by atoms with Gasteiger partial charge in [-0.1, -0.05) is 12.1 Å². The Morgan fingerprint density at radius 2 is 1.86 bits per heavy atom. The van der Waals surface area contributed by atoms with Gasteiger partial charge in [-0.15, -0.1) is 24.0 Å². The highest BCUT2D eigenvalue weighted by molar-refractivity contribution is 14.0. The van der Waals surface area contributed by atoms with Crippen LogP contribution in [0.5, 0.6) is 0 Å². The zero-order chi connectivity index (χ0) is 20.1. The highest BCUT2D eigenvalue weighted by Crippen LogP contribution is 2.28. The monoisotopic (exact) mass is 531 g/mol. The number of hydrogen-bond acceptors (Lipinski definition) is 4. The number of sulfonamides is 1. The quantitative estimate of drug-likeness (QED) is 0.353. The van der Waals surface area contributed by atoms with E-state index < -0.39 is 15.5 Å². The van der Waals surface area contributed by atoms with E-state index in [1.54, 1.807) is 31.3 Å². The van der Waals surface area contributed by atoms with Crippen LogP contribution in [-0.2, 0) is 16.6 Å². The molecule has 0 aromatic heterocycles. The van der Waals surface area contributed by atoms with Crippen molar-refractivity contribution in [2.24, 2.45) is 4.99 Å². The molecule has 0 spiro atoms. The molecule has 0 bridgehead atoms. The van der Waals surface area contributed by atoms with E-state index in [9.17, 15) is 21.6 Å². The van der Waals surface area contributed by atoms with Crippen molar-refractivity contribution in [3.05, 3.63) is 35.4 Å². The molecule has 0 aliphatic carbocycles. The maximum atomic E-state index is 12.6. The van der Waals surface area contributed by atoms with Gasteiger partial charge in [-0.05, 0) is 30.5 Å². The molecule has 1 fully saturated rings. The number of benzene rings is 1. The lowest BCUT2D eigenvalue weighted by molar-refractivity contribution is -0.0494. The van der Waals surface area contributed by atoms with Gasteiger partial charge in [0.15, 0.2) is 5.96 Å². The Balaban J connectivity index is 0.00000392. The molecule has 2 N–H and O–H groups in total. The second-order valence-electron chi connectivity index (χ2n) is 6.00. The molecule has 1 aliphatic heterocycles. The topological polar surface area (TPSA) is 97.6 Å². The average Bonchev–Trinajstić information content (AvgIpc) is 2.65. The summed E-state index contributed by atoms with van der Waals surface area (Å²) in [5.41, 5.74) is -3.78. The van der Waals surface area contributed by atoms with Crippen molar-refractivity contribution < 1.29 is 21.6 Å². The summed E-state index contributed by atoms with van der Waals surface area (Å²) in [6.45, 7) is 0.0466. The van der Waals surface area contributed by atoms with Gasteiger partial charge in [0.25, 0.3) is 0 Å². The lowest BCUT2D eigenvalue weighted by atomic mass is 10.1. The SMILES string of the molecule is CN=C(NCc1ccc(C#N)cc1)NC1CCN(S(=O)(=O)C(F)(F)F)CC1.I. The Hall–Kier alpha value is -1.59. The maximum absolute atomic E-state index is 12.6. The normalized spacial score (nSPS) is 16.8. The Bertz CT molecular complexity index is 814. The highest BCUT2D eigenvalue weighted by atomic mass is 127. The van der Waals surface area contributed by atoms with E-state index in [1.165, 1.54) is 0 Å². The van der Waals surface area contributed by atoms with E-state index in [1.807, 2.05) is 6.07 Å². The number of aliphatic imine (C=N–C) groups is 1. The van der Waals surface area contributed by atoms with E-state index in [-0.39, 0.29) is 55.9 Å². The summed E-state index contributed by atoms with van der Waals surface area (Å²) in [5, 5.41) is 15.0. The van der Waals surface area contributed by atoms with Gasteiger partial charge in [0.2, 0.25) is 0 Å². The molecular formula is C16H21F3IN5O2S. The molecule has 1 aromatic carbocycles. The van der Waals surface area contributed by atoms with Crippen LogP contribution in [0.15, 0.2) is 29.3 Å². The van der Waals surface area contributed by atoms with Crippen molar-refractivity contribution in [2.75, 3.05) is 20.1 Å². The molecule has 28 heavy (non-hydrogen) atoms. The first kappa shape index (κ1) is 24.4. The fourth-order valence-electron chi connectivity index (χ4n) is 2.66. The molecule has 0 amide bonds. The minimum Gasteiger partial charge on any atom is -0.354 e. The number of piperidine rings is 1. The first-order valence-electron chi connectivity index (χ1n) is 8.20. The van der Waals surface area contributed by atoms with E-state index in [0.29, 0.717) is 22.4 Å². The summed E-state index contributed by atoms with van der Waals surface area (Å²) >= 11 is 0. The van der Waals surface area contributed by atoms with Crippen molar-refractivity contribution >= 4 is 40.0 Å². The van der Waals surface area contributed by atoms with Crippen molar-refractivity contribution in [1.82, 2.24) is 14.9 Å². The van der Waals surface area contributed by atoms with Crippen LogP contribution in [0.2, 0.25) is 0 Å². The second-order valence-corrected chi connectivity index (χ2v) is 7.93. The van der Waals surface area contributed by atoms with Gasteiger partial charge in [0, 0.05) is 32.7 Å². The predicted octanol–water partition coefficient (Wildman–Crippen LogP) is 2.16. The van der Waals surface area contributed by atoms with Crippen LogP contribution < -0.4 is 10.6 Å². The van der Waals surface area contributed by atoms with E-state index in [4.69, 9.17) is 5.26 Å². The van der Waals surface area contributed by atoms with E-state index in [0.717, 1.165) is 5.56 Å². The number of halogens is 4. The number of alkyl halides is 3. The van der Waals surface area contributed by atoms with Crippen LogP contribution >= 0.6 is 24.0 Å². The third-order valence-corrected chi connectivity index (χ3v) is 5.82. The number of nitrogens with one attached hydrogen (secondary N) is 2. The predicted molar refractivity (Wildman–Crippen MR) is 109 cm³/mol. The maximum Gasteiger partial charge on any atom is 0.511 e. The second kappa shape index (κ2) is 10.3. The first-order chi connectivity index (χ1) is 12.7. The summed E-state index contributed by atoms with van der Waals surface area (Å²) in [6, 6.07) is 8.86. The van der Waals surface area contributed by atoms with Gasteiger partial charge in [0.05, 0.1) is 11.6 Å². The molecular weight excluding hydrogens is 510 g/mol. The molecule has 0 saturated carbocycles. The third kappa shape index (κ3) is 6.21. The highest BCUT2D eigenvalue weighted by Gasteiger charge is 2.50. The number of hydrogen-bond donors (Lipinski definition) is 2. The third-order valence-electron chi connectivity index (χ3n) is 4.19. The zero-order valence-corrected chi connectivity index (χ0v) is 18.2. The van der Waals surface area contributed by atoms with Crippen molar-refractivity contribution in [3.8, 4) is 6.07 Å². The van der Waals surface area contributed by atoms with Gasteiger partial charge >= 0.3 is 15.5 Å². The lowest BCUT2D eigenvalue weighted by Crippen LogP contribution is -2.51. The molecule has 2 rings (SSSR count). The molecule has 1 saturated heterocycles. The molecule has 12 heteroatoms. The number of nitriles is 1. The fraction of sp³-hybridized carbons (Fsp3) is 0.500. The molecule has 0 radical (unpaired) electrons. The minimum atomic E-state index is -5.27. The smallest absolute Gasteiger partial charge is 0.354 e. The summed E-state index contributed by atoms with van der Waals surface area (Å²) in [5.74, 6) is 0.469. The molecule has 1 aromatic rings. The molecule has 1 heterocycles. The molecule has 156 valence electrons. The number of guanidine groups is 1. The molecule has 0 unspecified atom stereocenters. The summed E-state index contributed by atoms with van der Waals surface area (Å²) in [6.07, 6.45) is 0.486. The van der Waals surface area contributed by atoms with Gasteiger partial charge in [-0.3, -0.25) is 4.99 Å². The van der Waals surface area contributed by atoms with E-state index in [2.05, 4.69) is 15.6 Å². The van der Waals surface area contributed by atoms with Crippen LogP contribution in [0.3, 0.4) is 0 Å². The van der Waals surface area contributed by atoms with Gasteiger partial charge in [-0.2, -0.15) is 22.7 Å². The Labute approximate surface area is 179 Å². The van der Waals surface area contributed by atoms with Crippen LogP contribution in [0.1, 0.15) is 24.0 Å². The van der Waals surface area contributed by atoms with E-state index >= 15 is 0 Å². The van der Waals surface area contributed by atoms with Crippen molar-refractivity contribution in [1.29, 1.82) is 5.26 Å². The van der Waals surface area contributed by atoms with Gasteiger partial charge in [0.1, 0.15) is 0 Å². The van der Waals surface area contributed by atoms with Crippen LogP contribution in [0, 0.1) is 11.3 Å². The average molecular weight is 531 g/mol. The van der Waals surface area contributed by atoms with Crippen molar-refractivity contribution in [3.63, 3.8) is 0 Å². The number of nitrogens with zero attached hydrogens (tertiary/aromatic N) is 3. The molecule has 0 atom stereocenters. The first-order valence-corrected chi connectivity index (χ1v) is 9.64. The largest absolute Gasteiger partial charge is 0.511 e. The summed E-state index contributed by atoms with van der Waals surface area (Å²) in [4.78, 5) is 4.07. The van der Waals surface area contributed by atoms with Gasteiger partial charge < -0.3 is 10.6 Å². The summed E-state index contributed by atoms with van der Waals surface area (Å²) < 4.78 is 61.1. The summed E-state index contributed by atoms with van der Waals surface area (Å²) in [7, 11) is -3.71. The Morgan fingerprint density at radius 3 is 2.32 bits per heavy atom. The fourth-order valence-corrected chi connectivity index (χ4v) is 3.64. The van der Waals surface area contributed by atoms with Crippen LogP contribution in [-0.4, -0.2) is 50.4 Å². The number of rotatable bonds is 4. The standard InChI is InChI=1S/C16H20F3N5O2S.HI/c1-21-15(22-11-13-4-2-12(10-20)3-5-13)23-14-6-8-24(9-7-14)27(25,26)16(17,18)19;/h2-5,14H,6-9,11H2,1H3,(H2,21,22,23);1H. The minimum absolute atomic E-state index is 0. The zero-order valence-electron chi connectivity index (χ0n) is 15.0. The Kier molecular flexibility index (Phi) is 8.96. The molecule has 7 nitrogen and oxygen atoms in total. The van der Waals surface area contributed by atoms with Crippen molar-refractivity contribution in [2.45, 2.75) is 30.9 Å². The molecule has 1 aliphatic rings. The lowest BCUT2D eigenvalue weighted by Gasteiger charge is -2.32. The van der Waals surface area contributed by atoms with Gasteiger partial charge in [-0.25, -0.2) is 8.42 Å². The van der Waals surface area contributed by atoms with Crippen LogP contribution in [0.25, 0.3) is 0 Å².